The number of unbranched alkanes of at least 4 members (excludes halogenated alkanes) is 3. The molecule has 0 bridgehead atoms. The van der Waals surface area contributed by atoms with E-state index in [0.29, 0.717) is 0 Å². The van der Waals surface area contributed by atoms with Gasteiger partial charge in [0.1, 0.15) is 6.61 Å². The first-order valence-electron chi connectivity index (χ1n) is 6.23. The second-order valence-corrected chi connectivity index (χ2v) is 6.61. The lowest BCUT2D eigenvalue weighted by Gasteiger charge is -2.13. The zero-order chi connectivity index (χ0) is 13.3. The van der Waals surface area contributed by atoms with Crippen LogP contribution in [0.15, 0.2) is 0 Å². The average Bonchev–Trinajstić information content (AvgIpc) is 2.31. The third-order valence-corrected chi connectivity index (χ3v) is 4.07. The molecule has 2 atom stereocenters. The van der Waals surface area contributed by atoms with Gasteiger partial charge in [-0.3, -0.25) is 9.36 Å². The second kappa shape index (κ2) is 8.84. The maximum atomic E-state index is 11.7. The zero-order valence-corrected chi connectivity index (χ0v) is 12.3. The van der Waals surface area contributed by atoms with Crippen molar-refractivity contribution in [2.75, 3.05) is 20.4 Å². The lowest BCUT2D eigenvalue weighted by molar-refractivity contribution is -0.124. The monoisotopic (exact) mass is 264 g/mol. The molecule has 0 aliphatic carbocycles. The van der Waals surface area contributed by atoms with Crippen LogP contribution in [0.5, 0.6) is 0 Å². The van der Waals surface area contributed by atoms with Crippen LogP contribution in [0.2, 0.25) is 0 Å². The van der Waals surface area contributed by atoms with Crippen LogP contribution in [0.25, 0.3) is 0 Å². The van der Waals surface area contributed by atoms with Crippen molar-refractivity contribution in [3.05, 3.63) is 0 Å². The highest BCUT2D eigenvalue weighted by Gasteiger charge is 2.19. The van der Waals surface area contributed by atoms with Gasteiger partial charge in [0.25, 0.3) is 0 Å². The van der Waals surface area contributed by atoms with Gasteiger partial charge in [-0.25, -0.2) is 0 Å². The van der Waals surface area contributed by atoms with Crippen molar-refractivity contribution < 1.29 is 18.4 Å². The number of carbonyl (C=O) groups excluding carboxylic acids is 1. The Morgan fingerprint density at radius 3 is 2.47 bits per heavy atom. The van der Waals surface area contributed by atoms with Gasteiger partial charge in [0.05, 0.1) is 0 Å². The Balaban J connectivity index is 3.78. The molecule has 5 heteroatoms. The molecule has 0 fully saturated rings. The number of hydrogen-bond acceptors (Lipinski definition) is 4. The van der Waals surface area contributed by atoms with Crippen molar-refractivity contribution in [3.8, 4) is 0 Å². The second-order valence-electron chi connectivity index (χ2n) is 4.44. The fraction of sp³-hybridized carbons (Fsp3) is 0.917. The molecular formula is C12H25O4P. The van der Waals surface area contributed by atoms with E-state index in [-0.39, 0.29) is 18.3 Å². The van der Waals surface area contributed by atoms with Crippen molar-refractivity contribution in [1.29, 1.82) is 0 Å². The molecule has 0 rings (SSSR count). The highest BCUT2D eigenvalue weighted by molar-refractivity contribution is 7.52. The van der Waals surface area contributed by atoms with E-state index >= 15 is 0 Å². The number of carbonyl (C=O) groups is 1. The minimum atomic E-state index is -3.02. The Bertz CT molecular complexity index is 265. The fourth-order valence-electron chi connectivity index (χ4n) is 1.41. The largest absolute Gasteiger partial charge is 0.327 e. The molecule has 2 unspecified atom stereocenters. The molecule has 0 spiro atoms. The normalized spacial score (nSPS) is 16.5. The summed E-state index contributed by atoms with van der Waals surface area (Å²) >= 11 is 0. The van der Waals surface area contributed by atoms with E-state index in [1.807, 2.05) is 6.92 Å². The Hall–Kier alpha value is -0.180. The topological polar surface area (TPSA) is 52.6 Å². The molecule has 0 aliphatic heterocycles. The van der Waals surface area contributed by atoms with Gasteiger partial charge in [0.15, 0.2) is 5.78 Å². The van der Waals surface area contributed by atoms with Crippen molar-refractivity contribution >= 4 is 13.4 Å². The van der Waals surface area contributed by atoms with Crippen molar-refractivity contribution in [2.45, 2.75) is 46.0 Å². The average molecular weight is 264 g/mol. The van der Waals surface area contributed by atoms with Crippen LogP contribution >= 0.6 is 7.60 Å². The van der Waals surface area contributed by atoms with Crippen LogP contribution in [-0.4, -0.2) is 26.2 Å². The van der Waals surface area contributed by atoms with Gasteiger partial charge in [0.2, 0.25) is 0 Å². The maximum Gasteiger partial charge on any atom is 0.327 e. The van der Waals surface area contributed by atoms with Gasteiger partial charge in [-0.05, 0) is 6.42 Å². The molecule has 4 nitrogen and oxygen atoms in total. The Labute approximate surface area is 105 Å². The molecule has 0 aliphatic rings. The highest BCUT2D eigenvalue weighted by Crippen LogP contribution is 2.42. The van der Waals surface area contributed by atoms with E-state index in [9.17, 15) is 9.36 Å². The van der Waals surface area contributed by atoms with Crippen LogP contribution in [0, 0.1) is 5.92 Å². The summed E-state index contributed by atoms with van der Waals surface area (Å²) in [5.41, 5.74) is 0. The van der Waals surface area contributed by atoms with Crippen molar-refractivity contribution in [3.63, 3.8) is 0 Å². The van der Waals surface area contributed by atoms with E-state index in [1.165, 1.54) is 33.0 Å². The Morgan fingerprint density at radius 2 is 1.94 bits per heavy atom. The summed E-state index contributed by atoms with van der Waals surface area (Å²) in [5, 5.41) is 0. The number of rotatable bonds is 10. The van der Waals surface area contributed by atoms with E-state index in [4.69, 9.17) is 4.52 Å². The quantitative estimate of drug-likeness (QED) is 0.446. The summed E-state index contributed by atoms with van der Waals surface area (Å²) in [6.07, 6.45) is 5.51. The molecule has 0 heterocycles. The first kappa shape index (κ1) is 16.8. The van der Waals surface area contributed by atoms with Gasteiger partial charge in [-0.1, -0.05) is 39.5 Å². The van der Waals surface area contributed by atoms with Crippen LogP contribution in [-0.2, 0) is 18.4 Å². The number of Topliss-reactive ketones (excluding diaryl/α,β-unsaturated/α-hetero) is 1. The standard InChI is InChI=1S/C12H25O4P/c1-5-6-7-8-9-11(2)12(13)10-16-17(4,14)15-3/h11H,5-10H2,1-4H3. The smallest absolute Gasteiger partial charge is 0.312 e. The molecule has 0 saturated heterocycles. The number of hydrogen-bond donors (Lipinski definition) is 0. The zero-order valence-electron chi connectivity index (χ0n) is 11.4. The summed E-state index contributed by atoms with van der Waals surface area (Å²) < 4.78 is 21.0. The Morgan fingerprint density at radius 1 is 1.29 bits per heavy atom. The summed E-state index contributed by atoms with van der Waals surface area (Å²) in [6, 6.07) is 0. The van der Waals surface area contributed by atoms with E-state index in [2.05, 4.69) is 11.4 Å². The summed E-state index contributed by atoms with van der Waals surface area (Å²) in [4.78, 5) is 11.7. The lowest BCUT2D eigenvalue weighted by Crippen LogP contribution is -2.16. The minimum Gasteiger partial charge on any atom is -0.312 e. The summed E-state index contributed by atoms with van der Waals surface area (Å²) in [5.74, 6) is -0.0238. The van der Waals surface area contributed by atoms with Crippen LogP contribution in [0.4, 0.5) is 0 Å². The fourth-order valence-corrected chi connectivity index (χ4v) is 1.88. The molecule has 0 N–H and O–H groups in total. The molecule has 0 radical (unpaired) electrons. The predicted octanol–water partition coefficient (Wildman–Crippen LogP) is 3.65. The first-order chi connectivity index (χ1) is 7.93. The van der Waals surface area contributed by atoms with Gasteiger partial charge < -0.3 is 9.05 Å². The molecule has 0 aromatic rings. The van der Waals surface area contributed by atoms with Gasteiger partial charge in [-0.15, -0.1) is 0 Å². The molecular weight excluding hydrogens is 239 g/mol. The summed E-state index contributed by atoms with van der Waals surface area (Å²) in [7, 11) is -1.71. The third kappa shape index (κ3) is 8.53. The molecule has 0 aromatic heterocycles. The van der Waals surface area contributed by atoms with Crippen LogP contribution < -0.4 is 0 Å². The minimum absolute atomic E-state index is 0.000577. The molecule has 0 aromatic carbocycles. The van der Waals surface area contributed by atoms with Crippen molar-refractivity contribution in [1.82, 2.24) is 0 Å². The van der Waals surface area contributed by atoms with Gasteiger partial charge >= 0.3 is 7.60 Å². The maximum absolute atomic E-state index is 11.7. The van der Waals surface area contributed by atoms with Crippen LogP contribution in [0.1, 0.15) is 46.0 Å². The Kier molecular flexibility index (Phi) is 8.75. The van der Waals surface area contributed by atoms with E-state index in [1.54, 1.807) is 0 Å². The molecule has 17 heavy (non-hydrogen) atoms. The SMILES string of the molecule is CCCCCCC(C)C(=O)COP(C)(=O)OC. The van der Waals surface area contributed by atoms with Crippen LogP contribution in [0.3, 0.4) is 0 Å². The molecule has 0 saturated carbocycles. The third-order valence-electron chi connectivity index (χ3n) is 2.81. The first-order valence-corrected chi connectivity index (χ1v) is 8.22. The predicted molar refractivity (Wildman–Crippen MR) is 69.4 cm³/mol. The lowest BCUT2D eigenvalue weighted by atomic mass is 9.99. The van der Waals surface area contributed by atoms with Gasteiger partial charge in [-0.2, -0.15) is 0 Å². The van der Waals surface area contributed by atoms with E-state index < -0.39 is 7.60 Å². The van der Waals surface area contributed by atoms with Crippen molar-refractivity contribution in [2.24, 2.45) is 5.92 Å². The molecule has 102 valence electrons. The highest BCUT2D eigenvalue weighted by atomic mass is 31.2. The summed E-state index contributed by atoms with van der Waals surface area (Å²) in [6.45, 7) is 5.31. The van der Waals surface area contributed by atoms with E-state index in [0.717, 1.165) is 12.8 Å². The molecule has 0 amide bonds. The number of ketones is 1. The van der Waals surface area contributed by atoms with Gasteiger partial charge in [0, 0.05) is 19.7 Å².